The molecule has 4 heterocycles. The lowest BCUT2D eigenvalue weighted by Crippen LogP contribution is -2.55. The molecule has 3 aliphatic heterocycles. The van der Waals surface area contributed by atoms with E-state index < -0.39 is 12.7 Å². The maximum absolute atomic E-state index is 14.0. The number of benzene rings is 2. The van der Waals surface area contributed by atoms with Gasteiger partial charge in [-0.1, -0.05) is 30.3 Å². The number of aromatic nitrogens is 2. The number of hydrogen-bond donors (Lipinski definition) is 1. The van der Waals surface area contributed by atoms with Gasteiger partial charge in [-0.15, -0.1) is 11.8 Å². The average Bonchev–Trinajstić information content (AvgIpc) is 3.00. The zero-order valence-corrected chi connectivity index (χ0v) is 26.2. The molecule has 2 aromatic carbocycles. The number of hydrogen-bond acceptors (Lipinski definition) is 7. The number of piperidine rings is 1. The van der Waals surface area contributed by atoms with Crippen molar-refractivity contribution < 1.29 is 18.3 Å². The highest BCUT2D eigenvalue weighted by molar-refractivity contribution is 7.99. The standard InChI is InChI=1S/C32H37ClF3N5O2S/c1-3-27(42)39-12-13-40(19(2)16-39)31-24-15-25(33)28(21-4-6-22(34)7-5-21)30-29(24)41(32(43)37-31)23(18-44-30)14-20-8-10-38(11-9-20)17-26(35)36/h3-7,15,19-20,23,26-27,42H,1,8-14,16-18H2,2H3/t19-,23+,27?/m0/s1. The first-order valence-corrected chi connectivity index (χ1v) is 16.5. The number of likely N-dealkylation sites (tertiary alicyclic amines) is 1. The van der Waals surface area contributed by atoms with Gasteiger partial charge < -0.3 is 10.0 Å². The van der Waals surface area contributed by atoms with Crippen molar-refractivity contribution in [2.75, 3.05) is 49.9 Å². The zero-order valence-electron chi connectivity index (χ0n) is 24.6. The third-order valence-electron chi connectivity index (χ3n) is 9.24. The van der Waals surface area contributed by atoms with Gasteiger partial charge in [0.15, 0.2) is 0 Å². The monoisotopic (exact) mass is 647 g/mol. The van der Waals surface area contributed by atoms with Crippen LogP contribution < -0.4 is 10.6 Å². The lowest BCUT2D eigenvalue weighted by molar-refractivity contribution is 0.0296. The summed E-state index contributed by atoms with van der Waals surface area (Å²) in [4.78, 5) is 25.4. The average molecular weight is 648 g/mol. The second-order valence-corrected chi connectivity index (χ2v) is 13.5. The first-order chi connectivity index (χ1) is 21.1. The Balaban J connectivity index is 1.42. The maximum Gasteiger partial charge on any atom is 0.350 e. The van der Waals surface area contributed by atoms with Gasteiger partial charge in [-0.3, -0.25) is 14.4 Å². The molecule has 3 atom stereocenters. The van der Waals surface area contributed by atoms with Gasteiger partial charge in [-0.05, 0) is 75.0 Å². The summed E-state index contributed by atoms with van der Waals surface area (Å²) in [7, 11) is 0. The van der Waals surface area contributed by atoms with Crippen molar-refractivity contribution in [1.82, 2.24) is 19.4 Å². The molecule has 0 bridgehead atoms. The van der Waals surface area contributed by atoms with Crippen LogP contribution in [0, 0.1) is 11.7 Å². The van der Waals surface area contributed by atoms with Crippen molar-refractivity contribution in [1.29, 1.82) is 0 Å². The van der Waals surface area contributed by atoms with E-state index in [1.165, 1.54) is 18.2 Å². The van der Waals surface area contributed by atoms with E-state index in [1.807, 2.05) is 27.4 Å². The summed E-state index contributed by atoms with van der Waals surface area (Å²) >= 11 is 8.65. The predicted molar refractivity (Wildman–Crippen MR) is 171 cm³/mol. The van der Waals surface area contributed by atoms with Gasteiger partial charge in [-0.2, -0.15) is 4.98 Å². The number of piperazine rings is 1. The Morgan fingerprint density at radius 3 is 2.57 bits per heavy atom. The van der Waals surface area contributed by atoms with E-state index in [2.05, 4.69) is 16.5 Å². The molecule has 2 fully saturated rings. The fourth-order valence-electron chi connectivity index (χ4n) is 7.01. The second-order valence-electron chi connectivity index (χ2n) is 12.1. The number of nitrogens with zero attached hydrogens (tertiary/aromatic N) is 5. The SMILES string of the molecule is C=CC(O)N1CCN(c2nc(=O)n3c4c(c(-c5ccc(F)cc5)c(Cl)cc24)SC[C@H]3CC2CCN(CC(F)F)CC2)[C@@H](C)C1. The van der Waals surface area contributed by atoms with E-state index in [0.717, 1.165) is 46.2 Å². The highest BCUT2D eigenvalue weighted by Gasteiger charge is 2.35. The Bertz CT molecular complexity index is 1580. The van der Waals surface area contributed by atoms with Crippen molar-refractivity contribution in [3.8, 4) is 11.1 Å². The van der Waals surface area contributed by atoms with Crippen LogP contribution in [0.5, 0.6) is 0 Å². The van der Waals surface area contributed by atoms with Gasteiger partial charge in [0.25, 0.3) is 6.43 Å². The first-order valence-electron chi connectivity index (χ1n) is 15.1. The lowest BCUT2D eigenvalue weighted by Gasteiger charge is -2.42. The third-order valence-corrected chi connectivity index (χ3v) is 10.8. The molecule has 3 aromatic rings. The number of thioether (sulfide) groups is 1. The van der Waals surface area contributed by atoms with Gasteiger partial charge in [0.1, 0.15) is 17.9 Å². The molecule has 1 aromatic heterocycles. The summed E-state index contributed by atoms with van der Waals surface area (Å²) in [5.74, 6) is 1.18. The molecule has 12 heteroatoms. The number of rotatable bonds is 8. The molecule has 44 heavy (non-hydrogen) atoms. The van der Waals surface area contributed by atoms with Crippen LogP contribution in [0.1, 0.15) is 32.2 Å². The normalized spacial score (nSPS) is 22.6. The summed E-state index contributed by atoms with van der Waals surface area (Å²) < 4.78 is 41.5. The van der Waals surface area contributed by atoms with Gasteiger partial charge >= 0.3 is 5.69 Å². The minimum absolute atomic E-state index is 0.0480. The quantitative estimate of drug-likeness (QED) is 0.306. The van der Waals surface area contributed by atoms with Gasteiger partial charge in [0, 0.05) is 53.3 Å². The van der Waals surface area contributed by atoms with E-state index in [9.17, 15) is 23.1 Å². The van der Waals surface area contributed by atoms with Crippen LogP contribution in [0.15, 0.2) is 52.7 Å². The van der Waals surface area contributed by atoms with E-state index in [0.29, 0.717) is 55.2 Å². The van der Waals surface area contributed by atoms with E-state index in [-0.39, 0.29) is 30.1 Å². The van der Waals surface area contributed by atoms with Crippen molar-refractivity contribution in [3.63, 3.8) is 0 Å². The fraction of sp³-hybridized carbons (Fsp3) is 0.500. The number of aliphatic hydroxyl groups excluding tert-OH is 1. The molecule has 236 valence electrons. The minimum Gasteiger partial charge on any atom is -0.375 e. The molecule has 7 nitrogen and oxygen atoms in total. The van der Waals surface area contributed by atoms with Crippen LogP contribution in [0.3, 0.4) is 0 Å². The molecule has 3 aliphatic rings. The van der Waals surface area contributed by atoms with Gasteiger partial charge in [0.2, 0.25) is 0 Å². The number of alkyl halides is 2. The van der Waals surface area contributed by atoms with Crippen LogP contribution >= 0.6 is 23.4 Å². The molecule has 0 saturated carbocycles. The topological polar surface area (TPSA) is 64.8 Å². The molecule has 0 amide bonds. The Kier molecular flexibility index (Phi) is 9.31. The lowest BCUT2D eigenvalue weighted by atomic mass is 9.90. The zero-order chi connectivity index (χ0) is 31.1. The summed E-state index contributed by atoms with van der Waals surface area (Å²) in [6.45, 7) is 8.49. The summed E-state index contributed by atoms with van der Waals surface area (Å²) in [5, 5.41) is 11.6. The molecule has 6 rings (SSSR count). The van der Waals surface area contributed by atoms with Crippen molar-refractivity contribution in [2.24, 2.45) is 5.92 Å². The molecular weight excluding hydrogens is 611 g/mol. The van der Waals surface area contributed by atoms with E-state index in [4.69, 9.17) is 11.6 Å². The molecule has 1 N–H and O–H groups in total. The number of halogens is 4. The number of aliphatic hydroxyl groups is 1. The van der Waals surface area contributed by atoms with Crippen LogP contribution in [-0.2, 0) is 0 Å². The molecular formula is C32H37ClF3N5O2S. The van der Waals surface area contributed by atoms with Crippen LogP contribution in [0.4, 0.5) is 19.0 Å². The third kappa shape index (κ3) is 6.13. The van der Waals surface area contributed by atoms with Crippen LogP contribution in [0.25, 0.3) is 22.0 Å². The molecule has 0 radical (unpaired) electrons. The molecule has 0 aliphatic carbocycles. The highest BCUT2D eigenvalue weighted by Crippen LogP contribution is 2.48. The fourth-order valence-corrected chi connectivity index (χ4v) is 8.74. The largest absolute Gasteiger partial charge is 0.375 e. The molecule has 1 unspecified atom stereocenters. The van der Waals surface area contributed by atoms with Crippen LogP contribution in [0.2, 0.25) is 5.02 Å². The van der Waals surface area contributed by atoms with Gasteiger partial charge in [0.05, 0.1) is 17.1 Å². The van der Waals surface area contributed by atoms with Crippen molar-refractivity contribution in [2.45, 2.75) is 55.8 Å². The van der Waals surface area contributed by atoms with Crippen LogP contribution in [-0.4, -0.2) is 88.2 Å². The smallest absolute Gasteiger partial charge is 0.350 e. The summed E-state index contributed by atoms with van der Waals surface area (Å²) in [6.07, 6.45) is 0.796. The molecule has 0 spiro atoms. The Morgan fingerprint density at radius 1 is 1.18 bits per heavy atom. The van der Waals surface area contributed by atoms with Crippen molar-refractivity contribution in [3.05, 3.63) is 64.3 Å². The number of anilines is 1. The molecule has 2 saturated heterocycles. The van der Waals surface area contributed by atoms with E-state index >= 15 is 0 Å². The predicted octanol–water partition coefficient (Wildman–Crippen LogP) is 5.88. The van der Waals surface area contributed by atoms with Crippen molar-refractivity contribution >= 4 is 40.1 Å². The highest BCUT2D eigenvalue weighted by atomic mass is 35.5. The Hall–Kier alpha value is -2.57. The maximum atomic E-state index is 14.0. The minimum atomic E-state index is -2.34. The summed E-state index contributed by atoms with van der Waals surface area (Å²) in [6, 6.07) is 7.93. The Morgan fingerprint density at radius 2 is 1.91 bits per heavy atom. The van der Waals surface area contributed by atoms with E-state index in [1.54, 1.807) is 23.9 Å². The second kappa shape index (κ2) is 13.0. The summed E-state index contributed by atoms with van der Waals surface area (Å²) in [5.41, 5.74) is 1.98. The Labute approximate surface area is 264 Å². The first kappa shape index (κ1) is 31.4. The van der Waals surface area contributed by atoms with Gasteiger partial charge in [-0.25, -0.2) is 18.0 Å².